The molecule has 1 rings (SSSR count). The van der Waals surface area contributed by atoms with Gasteiger partial charge in [0.15, 0.2) is 0 Å². The number of likely N-dealkylation sites (tertiary alicyclic amines) is 1. The summed E-state index contributed by atoms with van der Waals surface area (Å²) in [5.41, 5.74) is -0.630. The molecule has 0 N–H and O–H groups in total. The van der Waals surface area contributed by atoms with Gasteiger partial charge >= 0.3 is 6.09 Å². The molecule has 0 bridgehead atoms. The highest BCUT2D eigenvalue weighted by molar-refractivity contribution is 5.68. The van der Waals surface area contributed by atoms with Gasteiger partial charge in [0.2, 0.25) is 0 Å². The summed E-state index contributed by atoms with van der Waals surface area (Å²) in [6, 6.07) is 0. The van der Waals surface area contributed by atoms with Crippen LogP contribution in [0, 0.1) is 12.8 Å². The number of hydrogen-bond acceptors (Lipinski definition) is 4. The van der Waals surface area contributed by atoms with Crippen LogP contribution in [0.3, 0.4) is 0 Å². The normalized spacial score (nSPS) is 15.9. The molecule has 0 saturated carbocycles. The zero-order valence-corrected chi connectivity index (χ0v) is 12.2. The van der Waals surface area contributed by atoms with E-state index in [1.807, 2.05) is 0 Å². The van der Waals surface area contributed by atoms with E-state index in [1.54, 1.807) is 20.8 Å². The highest BCUT2D eigenvalue weighted by Crippen LogP contribution is 2.27. The van der Waals surface area contributed by atoms with Crippen molar-refractivity contribution in [3.63, 3.8) is 0 Å². The van der Waals surface area contributed by atoms with Gasteiger partial charge < -0.3 is 14.4 Å². The number of hydrogen-bond donors (Lipinski definition) is 0. The maximum atomic E-state index is 12.7. The maximum Gasteiger partial charge on any atom is 0.410 e. The van der Waals surface area contributed by atoms with E-state index in [0.717, 1.165) is 4.90 Å². The lowest BCUT2D eigenvalue weighted by Gasteiger charge is -2.24. The first kappa shape index (κ1) is 20.5. The topological polar surface area (TPSA) is 55.8 Å². The number of rotatable bonds is 1. The largest absolute Gasteiger partial charge is 0.471 e. The van der Waals surface area contributed by atoms with Crippen molar-refractivity contribution in [3.05, 3.63) is 0 Å². The van der Waals surface area contributed by atoms with Crippen molar-refractivity contribution in [2.45, 2.75) is 38.7 Å². The van der Waals surface area contributed by atoms with Crippen molar-refractivity contribution in [1.82, 2.24) is 4.90 Å². The van der Waals surface area contributed by atoms with Crippen LogP contribution in [0.15, 0.2) is 0 Å². The number of carbonyl (C=O) groups is 2. The number of nitrogens with zero attached hydrogens (tertiary/aromatic N) is 1. The molecule has 5 nitrogen and oxygen atoms in total. The summed E-state index contributed by atoms with van der Waals surface area (Å²) >= 11 is 0. The Labute approximate surface area is 118 Å². The van der Waals surface area contributed by atoms with E-state index in [1.165, 1.54) is 7.11 Å². The molecule has 0 atom stereocenters. The van der Waals surface area contributed by atoms with E-state index in [2.05, 4.69) is 17.6 Å². The van der Waals surface area contributed by atoms with Crippen LogP contribution in [0.4, 0.5) is 13.6 Å². The van der Waals surface area contributed by atoms with Crippen molar-refractivity contribution in [2.24, 2.45) is 0 Å². The van der Waals surface area contributed by atoms with Crippen molar-refractivity contribution in [2.75, 3.05) is 20.2 Å². The van der Waals surface area contributed by atoms with E-state index in [-0.39, 0.29) is 13.0 Å². The summed E-state index contributed by atoms with van der Waals surface area (Å²) in [5, 5.41) is 0. The van der Waals surface area contributed by atoms with Crippen molar-refractivity contribution < 1.29 is 27.8 Å². The lowest BCUT2D eigenvalue weighted by molar-refractivity contribution is -0.126. The number of alkyl halides is 2. The Bertz CT molecular complexity index is 324. The van der Waals surface area contributed by atoms with Crippen LogP contribution >= 0.6 is 0 Å². The molecule has 0 aromatic rings. The minimum Gasteiger partial charge on any atom is -0.471 e. The van der Waals surface area contributed by atoms with Crippen LogP contribution in [0.1, 0.15) is 27.2 Å². The van der Waals surface area contributed by atoms with Gasteiger partial charge in [-0.3, -0.25) is 4.79 Å². The summed E-state index contributed by atoms with van der Waals surface area (Å²) in [5.74, 6) is -2.75. The highest BCUT2D eigenvalue weighted by atomic mass is 19.3. The maximum absolute atomic E-state index is 12.7. The molecule has 1 aliphatic rings. The number of carbonyl (C=O) groups excluding carboxylic acids is 2. The lowest BCUT2D eigenvalue weighted by Crippen LogP contribution is -2.36. The zero-order chi connectivity index (χ0) is 16.4. The molecule has 0 aromatic carbocycles. The average molecular weight is 293 g/mol. The van der Waals surface area contributed by atoms with Gasteiger partial charge in [0.1, 0.15) is 5.60 Å². The molecule has 0 spiro atoms. The molecule has 0 aliphatic carbocycles. The Balaban J connectivity index is 0. The first-order valence-electron chi connectivity index (χ1n) is 5.77. The van der Waals surface area contributed by atoms with Gasteiger partial charge in [-0.05, 0) is 20.8 Å². The third-order valence-electron chi connectivity index (χ3n) is 1.92. The van der Waals surface area contributed by atoms with Gasteiger partial charge in [-0.2, -0.15) is 0 Å². The fourth-order valence-corrected chi connectivity index (χ4v) is 1.22. The van der Waals surface area contributed by atoms with Gasteiger partial charge in [-0.25, -0.2) is 13.6 Å². The minimum absolute atomic E-state index is 0.0713. The molecule has 0 aromatic heterocycles. The van der Waals surface area contributed by atoms with Crippen LogP contribution in [0.5, 0.6) is 0 Å². The molecule has 116 valence electrons. The Morgan fingerprint density at radius 3 is 2.05 bits per heavy atom. The Hall–Kier alpha value is -1.84. The molecule has 1 aliphatic heterocycles. The second-order valence-corrected chi connectivity index (χ2v) is 4.84. The fourth-order valence-electron chi connectivity index (χ4n) is 1.22. The third kappa shape index (κ3) is 10.1. The molecule has 20 heavy (non-hydrogen) atoms. The SMILES string of the molecule is C#C.CC(C)(C)OC(=O)N1CCC(F)(F)C1.COC=O. The van der Waals surface area contributed by atoms with E-state index in [4.69, 9.17) is 9.53 Å². The summed E-state index contributed by atoms with van der Waals surface area (Å²) in [4.78, 5) is 21.3. The summed E-state index contributed by atoms with van der Waals surface area (Å²) in [7, 11) is 1.31. The van der Waals surface area contributed by atoms with E-state index >= 15 is 0 Å². The summed E-state index contributed by atoms with van der Waals surface area (Å²) in [6.07, 6.45) is 7.07. The van der Waals surface area contributed by atoms with E-state index in [9.17, 15) is 13.6 Å². The summed E-state index contributed by atoms with van der Waals surface area (Å²) in [6.45, 7) is 5.04. The Morgan fingerprint density at radius 2 is 1.80 bits per heavy atom. The molecule has 1 fully saturated rings. The predicted molar refractivity (Wildman–Crippen MR) is 70.3 cm³/mol. The second-order valence-electron chi connectivity index (χ2n) is 4.84. The van der Waals surface area contributed by atoms with Gasteiger partial charge in [-0.1, -0.05) is 0 Å². The average Bonchev–Trinajstić information content (AvgIpc) is 2.71. The molecule has 1 heterocycles. The minimum atomic E-state index is -2.75. The number of terminal acetylenes is 1. The highest BCUT2D eigenvalue weighted by Gasteiger charge is 2.41. The standard InChI is InChI=1S/C9H15F2NO2.C2H4O2.C2H2/c1-8(2,3)14-7(13)12-5-4-9(10,11)6-12;1-4-2-3;1-2/h4-6H2,1-3H3;2H,1H3;1-2H. The monoisotopic (exact) mass is 293 g/mol. The smallest absolute Gasteiger partial charge is 0.410 e. The molecule has 1 amide bonds. The summed E-state index contributed by atoms with van der Waals surface area (Å²) < 4.78 is 34.3. The molecule has 7 heteroatoms. The first-order valence-corrected chi connectivity index (χ1v) is 5.77. The van der Waals surface area contributed by atoms with Crippen LogP contribution in [0.25, 0.3) is 0 Å². The Morgan fingerprint density at radius 1 is 1.35 bits per heavy atom. The van der Waals surface area contributed by atoms with Gasteiger partial charge in [0.05, 0.1) is 13.7 Å². The van der Waals surface area contributed by atoms with E-state index < -0.39 is 24.2 Å². The molecular formula is C13H21F2NO4. The molecule has 0 unspecified atom stereocenters. The first-order chi connectivity index (χ1) is 9.11. The van der Waals surface area contributed by atoms with E-state index in [0.29, 0.717) is 6.47 Å². The zero-order valence-electron chi connectivity index (χ0n) is 12.2. The van der Waals surface area contributed by atoms with Crippen LogP contribution in [-0.4, -0.2) is 49.2 Å². The predicted octanol–water partition coefficient (Wildman–Crippen LogP) is 2.30. The number of methoxy groups -OCH3 is 1. The van der Waals surface area contributed by atoms with Crippen molar-refractivity contribution in [1.29, 1.82) is 0 Å². The lowest BCUT2D eigenvalue weighted by atomic mass is 10.2. The number of ether oxygens (including phenoxy) is 2. The molecule has 1 saturated heterocycles. The Kier molecular flexibility index (Phi) is 9.34. The molecule has 0 radical (unpaired) electrons. The van der Waals surface area contributed by atoms with Gasteiger partial charge in [-0.15, -0.1) is 12.8 Å². The number of halogens is 2. The van der Waals surface area contributed by atoms with Crippen LogP contribution in [0.2, 0.25) is 0 Å². The van der Waals surface area contributed by atoms with Crippen molar-refractivity contribution >= 4 is 12.6 Å². The van der Waals surface area contributed by atoms with Crippen molar-refractivity contribution in [3.8, 4) is 12.8 Å². The van der Waals surface area contributed by atoms with Crippen LogP contribution < -0.4 is 0 Å². The van der Waals surface area contributed by atoms with Gasteiger partial charge in [0, 0.05) is 13.0 Å². The van der Waals surface area contributed by atoms with Gasteiger partial charge in [0.25, 0.3) is 12.4 Å². The quantitative estimate of drug-likeness (QED) is 0.550. The fraction of sp³-hybridized carbons (Fsp3) is 0.692. The molecular weight excluding hydrogens is 272 g/mol. The third-order valence-corrected chi connectivity index (χ3v) is 1.92. The number of amides is 1. The van der Waals surface area contributed by atoms with Crippen LogP contribution in [-0.2, 0) is 14.3 Å². The second kappa shape index (κ2) is 9.13.